The van der Waals surface area contributed by atoms with Gasteiger partial charge in [-0.2, -0.15) is 13.2 Å². The average Bonchev–Trinajstić information content (AvgIpc) is 2.78. The van der Waals surface area contributed by atoms with Gasteiger partial charge in [-0.3, -0.25) is 19.3 Å². The van der Waals surface area contributed by atoms with Crippen LogP contribution in [0.15, 0.2) is 18.2 Å². The summed E-state index contributed by atoms with van der Waals surface area (Å²) in [4.78, 5) is 37.1. The summed E-state index contributed by atoms with van der Waals surface area (Å²) in [5.74, 6) is -3.22. The quantitative estimate of drug-likeness (QED) is 0.831. The van der Waals surface area contributed by atoms with Crippen molar-refractivity contribution >= 4 is 17.7 Å². The number of rotatable bonds is 2. The fourth-order valence-electron chi connectivity index (χ4n) is 3.45. The minimum atomic E-state index is -4.36. The van der Waals surface area contributed by atoms with E-state index >= 15 is 0 Å². The van der Waals surface area contributed by atoms with Gasteiger partial charge in [0.25, 0.3) is 17.7 Å². The molecule has 5 nitrogen and oxygen atoms in total. The van der Waals surface area contributed by atoms with E-state index in [1.807, 2.05) is 0 Å². The van der Waals surface area contributed by atoms with E-state index in [0.717, 1.165) is 4.90 Å². The number of nitrogens with one attached hydrogen (secondary N) is 1. The summed E-state index contributed by atoms with van der Waals surface area (Å²) in [7, 11) is 1.33. The first-order chi connectivity index (χ1) is 11.7. The molecule has 2 atom stereocenters. The van der Waals surface area contributed by atoms with Crippen LogP contribution in [0.1, 0.15) is 56.8 Å². The minimum absolute atomic E-state index is 0.00355. The highest BCUT2D eigenvalue weighted by molar-refractivity contribution is 6.21. The molecule has 1 fully saturated rings. The van der Waals surface area contributed by atoms with Gasteiger partial charge in [0.15, 0.2) is 0 Å². The number of hydrogen-bond acceptors (Lipinski definition) is 3. The molecule has 1 aromatic rings. The maximum Gasteiger partial charge on any atom is 0.393 e. The van der Waals surface area contributed by atoms with Gasteiger partial charge in [0.2, 0.25) is 0 Å². The third-order valence-corrected chi connectivity index (χ3v) is 4.85. The Morgan fingerprint density at radius 2 is 1.76 bits per heavy atom. The molecule has 0 saturated heterocycles. The molecule has 1 saturated carbocycles. The third-order valence-electron chi connectivity index (χ3n) is 4.85. The van der Waals surface area contributed by atoms with Crippen LogP contribution in [0, 0.1) is 5.92 Å². The van der Waals surface area contributed by atoms with E-state index in [1.54, 1.807) is 0 Å². The Balaban J connectivity index is 1.80. The van der Waals surface area contributed by atoms with Crippen molar-refractivity contribution in [3.8, 4) is 0 Å². The fourth-order valence-corrected chi connectivity index (χ4v) is 3.45. The monoisotopic (exact) mass is 354 g/mol. The van der Waals surface area contributed by atoms with Crippen molar-refractivity contribution in [3.05, 3.63) is 34.9 Å². The van der Waals surface area contributed by atoms with Gasteiger partial charge in [0.05, 0.1) is 17.0 Å². The molecule has 1 heterocycles. The smallest absolute Gasteiger partial charge is 0.349 e. The lowest BCUT2D eigenvalue weighted by atomic mass is 9.84. The molecule has 0 spiro atoms. The number of benzene rings is 1. The fraction of sp³-hybridized carbons (Fsp3) is 0.471. The number of hydrogen-bond donors (Lipinski definition) is 1. The lowest BCUT2D eigenvalue weighted by molar-refractivity contribution is -0.187. The molecule has 0 bridgehead atoms. The lowest BCUT2D eigenvalue weighted by Gasteiger charge is -2.33. The van der Waals surface area contributed by atoms with Crippen molar-refractivity contribution in [1.82, 2.24) is 10.2 Å². The van der Waals surface area contributed by atoms with Crippen LogP contribution in [0.2, 0.25) is 0 Å². The summed E-state index contributed by atoms with van der Waals surface area (Å²) in [6.07, 6.45) is -2.99. The summed E-state index contributed by atoms with van der Waals surface area (Å²) in [6, 6.07) is 2.99. The number of amides is 3. The number of imide groups is 1. The summed E-state index contributed by atoms with van der Waals surface area (Å²) in [6.45, 7) is 0. The number of fused-ring (bicyclic) bond motifs is 1. The molecule has 134 valence electrons. The largest absolute Gasteiger partial charge is 0.393 e. The molecule has 1 aliphatic heterocycles. The van der Waals surface area contributed by atoms with Crippen molar-refractivity contribution in [2.45, 2.75) is 37.9 Å². The SMILES string of the molecule is CN1C(=O)c2ccc(C(=O)N[C@H]3CCCC[C@H]3C(F)(F)F)cc2C1=O. The molecule has 1 aliphatic carbocycles. The van der Waals surface area contributed by atoms with E-state index in [-0.39, 0.29) is 29.5 Å². The molecular formula is C17H17F3N2O3. The van der Waals surface area contributed by atoms with Crippen LogP contribution in [-0.2, 0) is 0 Å². The highest BCUT2D eigenvalue weighted by Gasteiger charge is 2.46. The number of alkyl halides is 3. The summed E-state index contributed by atoms with van der Waals surface area (Å²) in [5, 5.41) is 2.45. The number of halogens is 3. The third kappa shape index (κ3) is 3.12. The molecule has 0 aromatic heterocycles. The molecule has 1 N–H and O–H groups in total. The van der Waals surface area contributed by atoms with Gasteiger partial charge < -0.3 is 5.32 Å². The van der Waals surface area contributed by atoms with Crippen molar-refractivity contribution in [2.24, 2.45) is 5.92 Å². The predicted molar refractivity (Wildman–Crippen MR) is 82.1 cm³/mol. The van der Waals surface area contributed by atoms with Gasteiger partial charge >= 0.3 is 6.18 Å². The molecule has 8 heteroatoms. The van der Waals surface area contributed by atoms with Crippen LogP contribution < -0.4 is 5.32 Å². The first kappa shape index (κ1) is 17.4. The van der Waals surface area contributed by atoms with E-state index in [4.69, 9.17) is 0 Å². The highest BCUT2D eigenvalue weighted by Crippen LogP contribution is 2.37. The molecule has 3 rings (SSSR count). The zero-order valence-electron chi connectivity index (χ0n) is 13.5. The first-order valence-electron chi connectivity index (χ1n) is 8.04. The molecule has 1 aromatic carbocycles. The van der Waals surface area contributed by atoms with E-state index in [2.05, 4.69) is 5.32 Å². The Bertz CT molecular complexity index is 745. The van der Waals surface area contributed by atoms with Gasteiger partial charge in [-0.05, 0) is 31.0 Å². The van der Waals surface area contributed by atoms with Crippen LogP contribution in [0.4, 0.5) is 13.2 Å². The molecule has 25 heavy (non-hydrogen) atoms. The second-order valence-electron chi connectivity index (χ2n) is 6.44. The van der Waals surface area contributed by atoms with Crippen LogP contribution in [0.25, 0.3) is 0 Å². The van der Waals surface area contributed by atoms with E-state index in [1.165, 1.54) is 25.2 Å². The zero-order chi connectivity index (χ0) is 18.4. The summed E-state index contributed by atoms with van der Waals surface area (Å²) >= 11 is 0. The average molecular weight is 354 g/mol. The topological polar surface area (TPSA) is 66.5 Å². The van der Waals surface area contributed by atoms with Gasteiger partial charge in [-0.1, -0.05) is 12.8 Å². The zero-order valence-corrected chi connectivity index (χ0v) is 13.5. The predicted octanol–water partition coefficient (Wildman–Crippen LogP) is 2.76. The molecule has 2 aliphatic rings. The van der Waals surface area contributed by atoms with E-state index in [0.29, 0.717) is 12.8 Å². The number of nitrogens with zero attached hydrogens (tertiary/aromatic N) is 1. The summed E-state index contributed by atoms with van der Waals surface area (Å²) in [5.41, 5.74) is 0.354. The Hall–Kier alpha value is -2.38. The molecular weight excluding hydrogens is 337 g/mol. The van der Waals surface area contributed by atoms with E-state index < -0.39 is 35.9 Å². The highest BCUT2D eigenvalue weighted by atomic mass is 19.4. The minimum Gasteiger partial charge on any atom is -0.349 e. The van der Waals surface area contributed by atoms with Crippen molar-refractivity contribution in [2.75, 3.05) is 7.05 Å². The molecule has 3 amide bonds. The number of carbonyl (C=O) groups excluding carboxylic acids is 3. The van der Waals surface area contributed by atoms with Gasteiger partial charge in [-0.15, -0.1) is 0 Å². The van der Waals surface area contributed by atoms with Crippen molar-refractivity contribution < 1.29 is 27.6 Å². The molecule has 0 unspecified atom stereocenters. The second kappa shape index (κ2) is 6.16. The molecule has 0 radical (unpaired) electrons. The lowest BCUT2D eigenvalue weighted by Crippen LogP contribution is -2.47. The van der Waals surface area contributed by atoms with Gasteiger partial charge in [0, 0.05) is 18.7 Å². The van der Waals surface area contributed by atoms with Crippen molar-refractivity contribution in [3.63, 3.8) is 0 Å². The van der Waals surface area contributed by atoms with Crippen LogP contribution >= 0.6 is 0 Å². The van der Waals surface area contributed by atoms with Crippen LogP contribution in [-0.4, -0.2) is 41.9 Å². The van der Waals surface area contributed by atoms with E-state index in [9.17, 15) is 27.6 Å². The van der Waals surface area contributed by atoms with Crippen molar-refractivity contribution in [1.29, 1.82) is 0 Å². The van der Waals surface area contributed by atoms with Crippen LogP contribution in [0.3, 0.4) is 0 Å². The Morgan fingerprint density at radius 3 is 2.44 bits per heavy atom. The first-order valence-corrected chi connectivity index (χ1v) is 8.04. The maximum absolute atomic E-state index is 13.1. The summed E-state index contributed by atoms with van der Waals surface area (Å²) < 4.78 is 39.4. The Kier molecular flexibility index (Phi) is 4.30. The normalized spacial score (nSPS) is 23.6. The second-order valence-corrected chi connectivity index (χ2v) is 6.44. The maximum atomic E-state index is 13.1. The Morgan fingerprint density at radius 1 is 1.12 bits per heavy atom. The number of carbonyl (C=O) groups is 3. The van der Waals surface area contributed by atoms with Gasteiger partial charge in [-0.25, -0.2) is 0 Å². The van der Waals surface area contributed by atoms with Crippen LogP contribution in [0.5, 0.6) is 0 Å². The Labute approximate surface area is 142 Å². The standard InChI is InChI=1S/C17H17F3N2O3/c1-22-15(24)10-7-6-9(8-11(10)16(22)25)14(23)21-13-5-3-2-4-12(13)17(18,19)20/h6-8,12-13H,2-5H2,1H3,(H,21,23)/t12-,13+/m1/s1. The van der Waals surface area contributed by atoms with Gasteiger partial charge in [0.1, 0.15) is 0 Å².